The van der Waals surface area contributed by atoms with Crippen LogP contribution >= 0.6 is 0 Å². The number of rotatable bonds is 5. The number of aliphatic hydroxyl groups is 1. The minimum atomic E-state index is -0.478. The van der Waals surface area contributed by atoms with E-state index in [0.717, 1.165) is 37.6 Å². The van der Waals surface area contributed by atoms with Crippen LogP contribution in [0.3, 0.4) is 0 Å². The number of hydrogen-bond donors (Lipinski definition) is 1. The summed E-state index contributed by atoms with van der Waals surface area (Å²) in [6, 6.07) is 7.79. The molecule has 1 aliphatic rings. The van der Waals surface area contributed by atoms with Crippen molar-refractivity contribution in [3.63, 3.8) is 0 Å². The molecule has 1 fully saturated rings. The number of benzene rings is 1. The fraction of sp³-hybridized carbons (Fsp3) is 0.600. The summed E-state index contributed by atoms with van der Waals surface area (Å²) in [5.74, 6) is 0.845. The molecule has 4 nitrogen and oxygen atoms in total. The van der Waals surface area contributed by atoms with E-state index in [1.54, 1.807) is 0 Å². The van der Waals surface area contributed by atoms with Gasteiger partial charge in [0.2, 0.25) is 0 Å². The summed E-state index contributed by atoms with van der Waals surface area (Å²) >= 11 is 0. The molecule has 2 atom stereocenters. The summed E-state index contributed by atoms with van der Waals surface area (Å²) in [6.45, 7) is 7.95. The molecule has 1 aliphatic heterocycles. The first-order chi connectivity index (χ1) is 9.22. The molecule has 1 saturated heterocycles. The zero-order valence-corrected chi connectivity index (χ0v) is 11.7. The van der Waals surface area contributed by atoms with Crippen LogP contribution in [-0.4, -0.2) is 49.0 Å². The molecule has 19 heavy (non-hydrogen) atoms. The van der Waals surface area contributed by atoms with E-state index in [1.165, 1.54) is 0 Å². The number of nitrogens with zero attached hydrogens (tertiary/aromatic N) is 1. The second-order valence-corrected chi connectivity index (χ2v) is 4.84. The van der Waals surface area contributed by atoms with E-state index in [0.29, 0.717) is 6.61 Å². The van der Waals surface area contributed by atoms with Gasteiger partial charge in [-0.2, -0.15) is 0 Å². The van der Waals surface area contributed by atoms with Crippen molar-refractivity contribution in [3.8, 4) is 5.75 Å². The molecule has 106 valence electrons. The molecule has 0 bridgehead atoms. The third kappa shape index (κ3) is 3.69. The molecule has 1 heterocycles. The lowest BCUT2D eigenvalue weighted by Gasteiger charge is -2.35. The molecule has 0 radical (unpaired) electrons. The maximum absolute atomic E-state index is 10.4. The van der Waals surface area contributed by atoms with E-state index in [2.05, 4.69) is 11.8 Å². The van der Waals surface area contributed by atoms with Gasteiger partial charge in [0, 0.05) is 19.1 Å². The lowest BCUT2D eigenvalue weighted by molar-refractivity contribution is -0.0166. The summed E-state index contributed by atoms with van der Waals surface area (Å²) in [6.07, 6.45) is -0.478. The Bertz CT molecular complexity index is 373. The van der Waals surface area contributed by atoms with Crippen molar-refractivity contribution in [3.05, 3.63) is 29.8 Å². The van der Waals surface area contributed by atoms with Crippen molar-refractivity contribution in [2.75, 3.05) is 32.9 Å². The zero-order chi connectivity index (χ0) is 13.7. The topological polar surface area (TPSA) is 41.9 Å². The lowest BCUT2D eigenvalue weighted by Crippen LogP contribution is -2.44. The molecule has 0 unspecified atom stereocenters. The highest BCUT2D eigenvalue weighted by Gasteiger charge is 2.24. The Morgan fingerprint density at radius 2 is 1.89 bits per heavy atom. The molecule has 0 aromatic heterocycles. The van der Waals surface area contributed by atoms with Crippen molar-refractivity contribution in [2.24, 2.45) is 0 Å². The Labute approximate surface area is 114 Å². The van der Waals surface area contributed by atoms with Crippen LogP contribution in [0, 0.1) is 0 Å². The maximum Gasteiger partial charge on any atom is 0.119 e. The van der Waals surface area contributed by atoms with Crippen molar-refractivity contribution in [1.29, 1.82) is 0 Å². The van der Waals surface area contributed by atoms with Gasteiger partial charge >= 0.3 is 0 Å². The van der Waals surface area contributed by atoms with Crippen molar-refractivity contribution >= 4 is 0 Å². The van der Waals surface area contributed by atoms with Gasteiger partial charge in [0.15, 0.2) is 0 Å². The second kappa shape index (κ2) is 6.89. The smallest absolute Gasteiger partial charge is 0.119 e. The Hall–Kier alpha value is -1.10. The predicted molar refractivity (Wildman–Crippen MR) is 74.4 cm³/mol. The Morgan fingerprint density at radius 3 is 2.47 bits per heavy atom. The van der Waals surface area contributed by atoms with Crippen molar-refractivity contribution in [2.45, 2.75) is 26.0 Å². The molecular weight excluding hydrogens is 242 g/mol. The highest BCUT2D eigenvalue weighted by atomic mass is 16.5. The van der Waals surface area contributed by atoms with E-state index in [-0.39, 0.29) is 6.04 Å². The van der Waals surface area contributed by atoms with Crippen LogP contribution in [0.4, 0.5) is 0 Å². The summed E-state index contributed by atoms with van der Waals surface area (Å²) in [7, 11) is 0. The van der Waals surface area contributed by atoms with E-state index in [4.69, 9.17) is 9.47 Å². The monoisotopic (exact) mass is 265 g/mol. The van der Waals surface area contributed by atoms with Crippen LogP contribution in [-0.2, 0) is 4.74 Å². The van der Waals surface area contributed by atoms with Gasteiger partial charge in [-0.3, -0.25) is 4.90 Å². The Kier molecular flexibility index (Phi) is 5.19. The zero-order valence-electron chi connectivity index (χ0n) is 11.7. The van der Waals surface area contributed by atoms with Crippen molar-refractivity contribution < 1.29 is 14.6 Å². The molecule has 4 heteroatoms. The van der Waals surface area contributed by atoms with Gasteiger partial charge in [-0.1, -0.05) is 12.1 Å². The first kappa shape index (κ1) is 14.3. The van der Waals surface area contributed by atoms with E-state index in [1.807, 2.05) is 31.2 Å². The largest absolute Gasteiger partial charge is 0.494 e. The van der Waals surface area contributed by atoms with E-state index in [9.17, 15) is 5.11 Å². The van der Waals surface area contributed by atoms with Gasteiger partial charge in [-0.05, 0) is 31.5 Å². The average molecular weight is 265 g/mol. The molecule has 1 aromatic rings. The standard InChI is InChI=1S/C15H23NO3/c1-3-19-14-6-4-13(5-7-14)15(17)12(2)16-8-10-18-11-9-16/h4-7,12,15,17H,3,8-11H2,1-2H3/t12-,15-/m1/s1. The predicted octanol–water partition coefficient (Wildman–Crippen LogP) is 1.84. The molecule has 0 aliphatic carbocycles. The lowest BCUT2D eigenvalue weighted by atomic mass is 10.0. The van der Waals surface area contributed by atoms with Crippen LogP contribution in [0.2, 0.25) is 0 Å². The fourth-order valence-corrected chi connectivity index (χ4v) is 2.39. The average Bonchev–Trinajstić information content (AvgIpc) is 2.48. The maximum atomic E-state index is 10.4. The third-order valence-electron chi connectivity index (χ3n) is 3.61. The van der Waals surface area contributed by atoms with Gasteiger partial charge in [-0.25, -0.2) is 0 Å². The van der Waals surface area contributed by atoms with Crippen LogP contribution in [0.15, 0.2) is 24.3 Å². The van der Waals surface area contributed by atoms with Gasteiger partial charge < -0.3 is 14.6 Å². The molecule has 0 saturated carbocycles. The Balaban J connectivity index is 1.99. The number of hydrogen-bond acceptors (Lipinski definition) is 4. The van der Waals surface area contributed by atoms with Crippen LogP contribution < -0.4 is 4.74 Å². The molecule has 0 spiro atoms. The fourth-order valence-electron chi connectivity index (χ4n) is 2.39. The molecular formula is C15H23NO3. The summed E-state index contributed by atoms with van der Waals surface area (Å²) in [4.78, 5) is 2.27. The number of morpholine rings is 1. The number of aliphatic hydroxyl groups excluding tert-OH is 1. The normalized spacial score (nSPS) is 19.9. The van der Waals surface area contributed by atoms with E-state index >= 15 is 0 Å². The second-order valence-electron chi connectivity index (χ2n) is 4.84. The quantitative estimate of drug-likeness (QED) is 0.882. The van der Waals surface area contributed by atoms with Gasteiger partial charge in [0.1, 0.15) is 5.75 Å². The summed E-state index contributed by atoms with van der Waals surface area (Å²) in [5, 5.41) is 10.4. The van der Waals surface area contributed by atoms with Gasteiger partial charge in [0.05, 0.1) is 25.9 Å². The van der Waals surface area contributed by atoms with Crippen LogP contribution in [0.1, 0.15) is 25.5 Å². The molecule has 2 rings (SSSR count). The molecule has 1 N–H and O–H groups in total. The minimum absolute atomic E-state index is 0.0989. The summed E-state index contributed by atoms with van der Waals surface area (Å²) in [5.41, 5.74) is 0.933. The van der Waals surface area contributed by atoms with Crippen molar-refractivity contribution in [1.82, 2.24) is 4.90 Å². The first-order valence-electron chi connectivity index (χ1n) is 6.95. The molecule has 0 amide bonds. The third-order valence-corrected chi connectivity index (χ3v) is 3.61. The van der Waals surface area contributed by atoms with Gasteiger partial charge in [-0.15, -0.1) is 0 Å². The highest BCUT2D eigenvalue weighted by Crippen LogP contribution is 2.23. The van der Waals surface area contributed by atoms with Crippen LogP contribution in [0.25, 0.3) is 0 Å². The van der Waals surface area contributed by atoms with E-state index < -0.39 is 6.10 Å². The minimum Gasteiger partial charge on any atom is -0.494 e. The number of ether oxygens (including phenoxy) is 2. The first-order valence-corrected chi connectivity index (χ1v) is 6.95. The SMILES string of the molecule is CCOc1ccc([C@H](O)[C@@H](C)N2CCOCC2)cc1. The van der Waals surface area contributed by atoms with Crippen LogP contribution in [0.5, 0.6) is 5.75 Å². The summed E-state index contributed by atoms with van der Waals surface area (Å²) < 4.78 is 10.7. The Morgan fingerprint density at radius 1 is 1.26 bits per heavy atom. The van der Waals surface area contributed by atoms with Gasteiger partial charge in [0.25, 0.3) is 0 Å². The molecule has 1 aromatic carbocycles. The highest BCUT2D eigenvalue weighted by molar-refractivity contribution is 5.29.